The van der Waals surface area contributed by atoms with Gasteiger partial charge in [0.25, 0.3) is 0 Å². The maximum atomic E-state index is 9.62. The third-order valence-corrected chi connectivity index (χ3v) is 8.11. The molecule has 0 radical (unpaired) electrons. The zero-order valence-corrected chi connectivity index (χ0v) is 22.5. The van der Waals surface area contributed by atoms with E-state index in [9.17, 15) is 5.26 Å². The van der Waals surface area contributed by atoms with Crippen molar-refractivity contribution >= 4 is 49.3 Å². The molecule has 2 aromatic heterocycles. The average Bonchev–Trinajstić information content (AvgIpc) is 3.57. The van der Waals surface area contributed by atoms with Crippen molar-refractivity contribution in [3.8, 4) is 28.6 Å². The smallest absolute Gasteiger partial charge is 0.190 e. The first-order valence-corrected chi connectivity index (χ1v) is 13.8. The van der Waals surface area contributed by atoms with Gasteiger partial charge in [0.15, 0.2) is 5.69 Å². The van der Waals surface area contributed by atoms with Crippen LogP contribution in [0.15, 0.2) is 133 Å². The van der Waals surface area contributed by atoms with Gasteiger partial charge in [0.05, 0.1) is 34.7 Å². The highest BCUT2D eigenvalue weighted by atomic mass is 15.0. The Morgan fingerprint density at radius 3 is 1.83 bits per heavy atom. The van der Waals surface area contributed by atoms with Gasteiger partial charge in [-0.1, -0.05) is 72.8 Å². The predicted molar refractivity (Wildman–Crippen MR) is 172 cm³/mol. The van der Waals surface area contributed by atoms with Crippen molar-refractivity contribution in [2.45, 2.75) is 0 Å². The minimum Gasteiger partial charge on any atom is -0.310 e. The molecule has 6 aromatic carbocycles. The summed E-state index contributed by atoms with van der Waals surface area (Å²) in [5.41, 5.74) is 9.58. The highest BCUT2D eigenvalue weighted by Crippen LogP contribution is 2.38. The summed E-state index contributed by atoms with van der Waals surface area (Å²) in [6.45, 7) is 7.55. The van der Waals surface area contributed by atoms with Gasteiger partial charge in [-0.15, -0.1) is 0 Å². The lowest BCUT2D eigenvalue weighted by atomic mass is 10.0. The molecule has 8 rings (SSSR count). The molecule has 2 heterocycles. The van der Waals surface area contributed by atoms with Gasteiger partial charge in [-0.25, -0.2) is 4.85 Å². The largest absolute Gasteiger partial charge is 0.310 e. The molecule has 0 unspecified atom stereocenters. The second-order valence-corrected chi connectivity index (χ2v) is 10.5. The molecule has 0 fully saturated rings. The molecule has 0 bridgehead atoms. The molecule has 0 atom stereocenters. The summed E-state index contributed by atoms with van der Waals surface area (Å²) in [5.74, 6) is 0. The number of para-hydroxylation sites is 3. The lowest BCUT2D eigenvalue weighted by Crippen LogP contribution is -1.94. The summed E-state index contributed by atoms with van der Waals surface area (Å²) in [7, 11) is 0. The van der Waals surface area contributed by atoms with Gasteiger partial charge in [-0.3, -0.25) is 0 Å². The average molecular weight is 535 g/mol. The van der Waals surface area contributed by atoms with Crippen LogP contribution in [0.4, 0.5) is 5.69 Å². The third kappa shape index (κ3) is 3.53. The van der Waals surface area contributed by atoms with E-state index in [-0.39, 0.29) is 0 Å². The van der Waals surface area contributed by atoms with Crippen molar-refractivity contribution in [1.82, 2.24) is 9.13 Å². The fraction of sp³-hybridized carbons (Fsp3) is 0. The maximum Gasteiger partial charge on any atom is 0.190 e. The number of hydrogen-bond donors (Lipinski definition) is 0. The Morgan fingerprint density at radius 2 is 1.10 bits per heavy atom. The van der Waals surface area contributed by atoms with E-state index >= 15 is 0 Å². The Kier molecular flexibility index (Phi) is 5.22. The van der Waals surface area contributed by atoms with Gasteiger partial charge < -0.3 is 9.13 Å². The lowest BCUT2D eigenvalue weighted by Gasteiger charge is -2.10. The van der Waals surface area contributed by atoms with Crippen LogP contribution in [0.25, 0.3) is 71.0 Å². The molecular formula is C38H22N4. The SMILES string of the molecule is [C-]#[N+]c1cc(C#N)cc(-n2c3ccccc3c3cc(-c4ccc5c6ccccc6n(-c6ccccc6)c5c4)ccc32)c1. The van der Waals surface area contributed by atoms with Crippen molar-refractivity contribution in [2.75, 3.05) is 0 Å². The Bertz CT molecular complexity index is 2400. The van der Waals surface area contributed by atoms with Crippen molar-refractivity contribution in [2.24, 2.45) is 0 Å². The van der Waals surface area contributed by atoms with Crippen LogP contribution < -0.4 is 0 Å². The van der Waals surface area contributed by atoms with Crippen LogP contribution in [0, 0.1) is 17.9 Å². The van der Waals surface area contributed by atoms with Gasteiger partial charge >= 0.3 is 0 Å². The fourth-order valence-electron chi connectivity index (χ4n) is 6.29. The predicted octanol–water partition coefficient (Wildman–Crippen LogP) is 9.97. The van der Waals surface area contributed by atoms with E-state index in [0.29, 0.717) is 11.3 Å². The Labute approximate surface area is 242 Å². The maximum absolute atomic E-state index is 9.62. The van der Waals surface area contributed by atoms with Gasteiger partial charge in [-0.2, -0.15) is 5.26 Å². The van der Waals surface area contributed by atoms with Gasteiger partial charge in [0, 0.05) is 38.5 Å². The highest BCUT2D eigenvalue weighted by Gasteiger charge is 2.16. The van der Waals surface area contributed by atoms with E-state index in [0.717, 1.165) is 44.3 Å². The summed E-state index contributed by atoms with van der Waals surface area (Å²) in [4.78, 5) is 3.62. The van der Waals surface area contributed by atoms with Crippen LogP contribution in [0.1, 0.15) is 5.56 Å². The first-order valence-electron chi connectivity index (χ1n) is 13.8. The second kappa shape index (κ2) is 9.24. The monoisotopic (exact) mass is 534 g/mol. The number of nitriles is 1. The summed E-state index contributed by atoms with van der Waals surface area (Å²) < 4.78 is 4.50. The van der Waals surface area contributed by atoms with Crippen LogP contribution in [-0.4, -0.2) is 9.13 Å². The number of nitrogens with zero attached hydrogens (tertiary/aromatic N) is 4. The molecule has 8 aromatic rings. The summed E-state index contributed by atoms with van der Waals surface area (Å²) >= 11 is 0. The highest BCUT2D eigenvalue weighted by molar-refractivity contribution is 6.12. The Morgan fingerprint density at radius 1 is 0.500 bits per heavy atom. The third-order valence-electron chi connectivity index (χ3n) is 8.11. The molecule has 42 heavy (non-hydrogen) atoms. The van der Waals surface area contributed by atoms with Crippen LogP contribution in [0.3, 0.4) is 0 Å². The molecule has 4 nitrogen and oxygen atoms in total. The molecule has 0 aliphatic carbocycles. The molecule has 0 saturated heterocycles. The van der Waals surface area contributed by atoms with Crippen molar-refractivity contribution in [3.63, 3.8) is 0 Å². The van der Waals surface area contributed by atoms with Crippen LogP contribution in [-0.2, 0) is 0 Å². The van der Waals surface area contributed by atoms with Crippen LogP contribution in [0.5, 0.6) is 0 Å². The van der Waals surface area contributed by atoms with E-state index in [4.69, 9.17) is 6.57 Å². The fourth-order valence-corrected chi connectivity index (χ4v) is 6.29. The van der Waals surface area contributed by atoms with E-state index < -0.39 is 0 Å². The van der Waals surface area contributed by atoms with E-state index in [1.807, 2.05) is 24.3 Å². The molecule has 194 valence electrons. The van der Waals surface area contributed by atoms with Gasteiger partial charge in [0.2, 0.25) is 0 Å². The van der Waals surface area contributed by atoms with E-state index in [1.165, 1.54) is 21.8 Å². The van der Waals surface area contributed by atoms with Crippen LogP contribution in [0.2, 0.25) is 0 Å². The van der Waals surface area contributed by atoms with E-state index in [2.05, 4.69) is 123 Å². The summed E-state index contributed by atoms with van der Waals surface area (Å²) in [6, 6.07) is 48.3. The van der Waals surface area contributed by atoms with Gasteiger partial charge in [-0.05, 0) is 71.8 Å². The summed E-state index contributed by atoms with van der Waals surface area (Å²) in [6.07, 6.45) is 0. The zero-order chi connectivity index (χ0) is 28.2. The number of benzene rings is 6. The molecule has 0 saturated carbocycles. The van der Waals surface area contributed by atoms with Crippen molar-refractivity contribution < 1.29 is 0 Å². The lowest BCUT2D eigenvalue weighted by molar-refractivity contribution is 1.18. The number of hydrogen-bond acceptors (Lipinski definition) is 1. The topological polar surface area (TPSA) is 38.0 Å². The molecule has 0 N–H and O–H groups in total. The first kappa shape index (κ1) is 23.8. The standard InChI is InChI=1S/C38H22N4/c1-40-28-19-25(24-39)20-30(23-28)42-36-14-8-6-12-32(36)34-21-26(16-18-37(34)42)27-15-17-33-31-11-5-7-13-35(31)41(38(33)22-27)29-9-3-2-4-10-29/h2-23H. The Balaban J connectivity index is 1.37. The number of fused-ring (bicyclic) bond motifs is 6. The zero-order valence-electron chi connectivity index (χ0n) is 22.5. The quantitative estimate of drug-likeness (QED) is 0.208. The van der Waals surface area contributed by atoms with Crippen LogP contribution >= 0.6 is 0 Å². The minimum absolute atomic E-state index is 0.453. The molecule has 0 aliphatic rings. The normalized spacial score (nSPS) is 11.3. The first-order chi connectivity index (χ1) is 20.7. The molecule has 0 spiro atoms. The summed E-state index contributed by atoms with van der Waals surface area (Å²) in [5, 5.41) is 14.3. The van der Waals surface area contributed by atoms with Crippen molar-refractivity contribution in [3.05, 3.63) is 150 Å². The second-order valence-electron chi connectivity index (χ2n) is 10.5. The molecular weight excluding hydrogens is 512 g/mol. The minimum atomic E-state index is 0.453. The van der Waals surface area contributed by atoms with Crippen molar-refractivity contribution in [1.29, 1.82) is 5.26 Å². The molecule has 0 amide bonds. The molecule has 4 heteroatoms. The van der Waals surface area contributed by atoms with E-state index in [1.54, 1.807) is 6.07 Å². The van der Waals surface area contributed by atoms with Gasteiger partial charge in [0.1, 0.15) is 0 Å². The number of rotatable bonds is 3. The number of aromatic nitrogens is 2. The Hall–Kier alpha value is -6.10. The molecule has 0 aliphatic heterocycles.